The molecule has 12 heavy (non-hydrogen) atoms. The van der Waals surface area contributed by atoms with Crippen LogP contribution >= 0.6 is 0 Å². The molecule has 0 saturated carbocycles. The maximum Gasteiger partial charge on any atom is 0.321 e. The minimum Gasteiger partial charge on any atom is -0.341 e. The third kappa shape index (κ3) is 23.5. The van der Waals surface area contributed by atoms with Gasteiger partial charge in [-0.25, -0.2) is 4.79 Å². The van der Waals surface area contributed by atoms with Gasteiger partial charge < -0.3 is 10.1 Å². The first-order valence-corrected chi connectivity index (χ1v) is 3.36. The molecule has 3 amide bonds. The Morgan fingerprint density at radius 3 is 1.42 bits per heavy atom. The van der Waals surface area contributed by atoms with Crippen LogP contribution in [0.2, 0.25) is 0 Å². The maximum atomic E-state index is 10.2. The number of nitrogens with one attached hydrogen (secondary N) is 2. The molecule has 2 N–H and O–H groups in total. The predicted octanol–water partition coefficient (Wildman–Crippen LogP) is 0.0572. The van der Waals surface area contributed by atoms with Gasteiger partial charge in [0.1, 0.15) is 5.78 Å². The lowest BCUT2D eigenvalue weighted by atomic mass is 10.6. The molecule has 70 valence electrons. The van der Waals surface area contributed by atoms with E-state index in [-0.39, 0.29) is 11.7 Å². The van der Waals surface area contributed by atoms with Crippen LogP contribution in [0.25, 0.3) is 0 Å². The summed E-state index contributed by atoms with van der Waals surface area (Å²) in [4.78, 5) is 29.7. The van der Waals surface area contributed by atoms with Crippen LogP contribution in [0.1, 0.15) is 20.8 Å². The molecule has 0 aliphatic rings. The highest BCUT2D eigenvalue weighted by atomic mass is 16.2. The minimum absolute atomic E-state index is 0.167. The summed E-state index contributed by atoms with van der Waals surface area (Å²) in [7, 11) is 1.44. The van der Waals surface area contributed by atoms with E-state index in [0.717, 1.165) is 0 Å². The molecule has 0 aromatic carbocycles. The largest absolute Gasteiger partial charge is 0.341 e. The van der Waals surface area contributed by atoms with Crippen molar-refractivity contribution in [2.75, 3.05) is 7.05 Å². The smallest absolute Gasteiger partial charge is 0.321 e. The summed E-state index contributed by atoms with van der Waals surface area (Å²) in [5.41, 5.74) is 0. The van der Waals surface area contributed by atoms with Crippen molar-refractivity contribution >= 4 is 17.7 Å². The zero-order valence-corrected chi connectivity index (χ0v) is 7.72. The molecule has 0 atom stereocenters. The van der Waals surface area contributed by atoms with E-state index in [4.69, 9.17) is 0 Å². The number of hydrogen-bond donors (Lipinski definition) is 2. The fourth-order valence-electron chi connectivity index (χ4n) is 0.222. The van der Waals surface area contributed by atoms with E-state index in [1.165, 1.54) is 27.8 Å². The van der Waals surface area contributed by atoms with Crippen LogP contribution in [0.5, 0.6) is 0 Å². The SMILES string of the molecule is CC(C)=O.CNC(=O)NC(C)=O. The lowest BCUT2D eigenvalue weighted by molar-refractivity contribution is -0.118. The average Bonchev–Trinajstić information content (AvgIpc) is 1.84. The second-order valence-corrected chi connectivity index (χ2v) is 2.17. The average molecular weight is 174 g/mol. The highest BCUT2D eigenvalue weighted by molar-refractivity contribution is 5.92. The van der Waals surface area contributed by atoms with E-state index in [2.05, 4.69) is 5.32 Å². The van der Waals surface area contributed by atoms with Crippen LogP contribution in [0, 0.1) is 0 Å². The van der Waals surface area contributed by atoms with Gasteiger partial charge in [-0.3, -0.25) is 10.1 Å². The lowest BCUT2D eigenvalue weighted by Gasteiger charge is -1.95. The fraction of sp³-hybridized carbons (Fsp3) is 0.571. The van der Waals surface area contributed by atoms with Crippen LogP contribution in [-0.2, 0) is 9.59 Å². The van der Waals surface area contributed by atoms with Gasteiger partial charge in [-0.05, 0) is 13.8 Å². The van der Waals surface area contributed by atoms with Crippen LogP contribution in [0.4, 0.5) is 4.79 Å². The fourth-order valence-corrected chi connectivity index (χ4v) is 0.222. The molecular formula is C7H14N2O3. The Hall–Kier alpha value is -1.39. The summed E-state index contributed by atoms with van der Waals surface area (Å²) in [5.74, 6) is -0.190. The first-order chi connectivity index (χ1) is 5.40. The molecule has 0 heterocycles. The van der Waals surface area contributed by atoms with Gasteiger partial charge in [0.25, 0.3) is 0 Å². The Bertz CT molecular complexity index is 173. The number of rotatable bonds is 0. The van der Waals surface area contributed by atoms with Crippen molar-refractivity contribution in [2.45, 2.75) is 20.8 Å². The van der Waals surface area contributed by atoms with Crippen molar-refractivity contribution in [1.29, 1.82) is 0 Å². The number of imide groups is 1. The van der Waals surface area contributed by atoms with Crippen molar-refractivity contribution in [3.63, 3.8) is 0 Å². The maximum absolute atomic E-state index is 10.2. The van der Waals surface area contributed by atoms with E-state index in [9.17, 15) is 14.4 Å². The topological polar surface area (TPSA) is 75.3 Å². The first kappa shape index (κ1) is 13.2. The molecule has 0 spiro atoms. The Kier molecular flexibility index (Phi) is 8.50. The van der Waals surface area contributed by atoms with Gasteiger partial charge in [-0.2, -0.15) is 0 Å². The standard InChI is InChI=1S/C4H8N2O2.C3H6O/c1-3(7)6-4(8)5-2;1-3(2)4/h1-2H3,(H2,5,6,7,8);1-2H3. The van der Waals surface area contributed by atoms with E-state index in [0.29, 0.717) is 0 Å². The number of hydrogen-bond acceptors (Lipinski definition) is 3. The van der Waals surface area contributed by atoms with Crippen LogP contribution in [0.3, 0.4) is 0 Å². The van der Waals surface area contributed by atoms with Crippen LogP contribution in [-0.4, -0.2) is 24.8 Å². The molecule has 0 unspecified atom stereocenters. The van der Waals surface area contributed by atoms with E-state index >= 15 is 0 Å². The van der Waals surface area contributed by atoms with Crippen molar-refractivity contribution in [3.05, 3.63) is 0 Å². The number of urea groups is 1. The molecule has 0 saturated heterocycles. The summed E-state index contributed by atoms with van der Waals surface area (Å²) in [6, 6.07) is -0.475. The Morgan fingerprint density at radius 1 is 1.00 bits per heavy atom. The molecule has 0 radical (unpaired) electrons. The summed E-state index contributed by atoms with van der Waals surface area (Å²) in [5, 5.41) is 4.23. The third-order valence-corrected chi connectivity index (χ3v) is 0.517. The molecule has 0 aliphatic carbocycles. The van der Waals surface area contributed by atoms with Gasteiger partial charge in [0, 0.05) is 14.0 Å². The second-order valence-electron chi connectivity index (χ2n) is 2.17. The number of amides is 3. The van der Waals surface area contributed by atoms with Gasteiger partial charge in [0.2, 0.25) is 5.91 Å². The van der Waals surface area contributed by atoms with E-state index in [1.54, 1.807) is 0 Å². The van der Waals surface area contributed by atoms with Crippen molar-refractivity contribution in [1.82, 2.24) is 10.6 Å². The second kappa shape index (κ2) is 7.71. The molecule has 0 fully saturated rings. The van der Waals surface area contributed by atoms with Crippen molar-refractivity contribution < 1.29 is 14.4 Å². The van der Waals surface area contributed by atoms with Gasteiger partial charge in [0.15, 0.2) is 0 Å². The summed E-state index contributed by atoms with van der Waals surface area (Å²) in [6.45, 7) is 4.33. The van der Waals surface area contributed by atoms with Gasteiger partial charge in [0.05, 0.1) is 0 Å². The molecule has 0 aromatic rings. The van der Waals surface area contributed by atoms with E-state index < -0.39 is 6.03 Å². The minimum atomic E-state index is -0.475. The van der Waals surface area contributed by atoms with Gasteiger partial charge >= 0.3 is 6.03 Å². The van der Waals surface area contributed by atoms with Gasteiger partial charge in [-0.1, -0.05) is 0 Å². The molecular weight excluding hydrogens is 160 g/mol. The molecule has 5 heteroatoms. The number of carbonyl (C=O) groups is 3. The molecule has 5 nitrogen and oxygen atoms in total. The first-order valence-electron chi connectivity index (χ1n) is 3.36. The summed E-state index contributed by atoms with van der Waals surface area (Å²) >= 11 is 0. The van der Waals surface area contributed by atoms with Crippen LogP contribution in [0.15, 0.2) is 0 Å². The number of Topliss-reactive ketones (excluding diaryl/α,β-unsaturated/α-hetero) is 1. The zero-order valence-electron chi connectivity index (χ0n) is 7.72. The number of carbonyl (C=O) groups excluding carboxylic acids is 3. The predicted molar refractivity (Wildman–Crippen MR) is 44.6 cm³/mol. The monoisotopic (exact) mass is 174 g/mol. The highest BCUT2D eigenvalue weighted by Crippen LogP contribution is 1.60. The van der Waals surface area contributed by atoms with Crippen molar-refractivity contribution in [2.24, 2.45) is 0 Å². The molecule has 0 aromatic heterocycles. The normalized spacial score (nSPS) is 7.33. The Morgan fingerprint density at radius 2 is 1.33 bits per heavy atom. The lowest BCUT2D eigenvalue weighted by Crippen LogP contribution is -2.35. The van der Waals surface area contributed by atoms with Crippen LogP contribution < -0.4 is 10.6 Å². The molecule has 0 bridgehead atoms. The Labute approximate surface area is 71.5 Å². The summed E-state index contributed by atoms with van der Waals surface area (Å²) in [6.07, 6.45) is 0. The quantitative estimate of drug-likeness (QED) is 0.545. The van der Waals surface area contributed by atoms with Crippen molar-refractivity contribution in [3.8, 4) is 0 Å². The summed E-state index contributed by atoms with van der Waals surface area (Å²) < 4.78 is 0. The highest BCUT2D eigenvalue weighted by Gasteiger charge is 1.95. The van der Waals surface area contributed by atoms with Gasteiger partial charge in [-0.15, -0.1) is 0 Å². The third-order valence-electron chi connectivity index (χ3n) is 0.517. The molecule has 0 aliphatic heterocycles. The molecule has 0 rings (SSSR count). The number of ketones is 1. The van der Waals surface area contributed by atoms with E-state index in [1.807, 2.05) is 5.32 Å². The Balaban J connectivity index is 0. The zero-order chi connectivity index (χ0) is 10.1.